The summed E-state index contributed by atoms with van der Waals surface area (Å²) in [5, 5.41) is 8.78. The Kier molecular flexibility index (Phi) is 4.32. The van der Waals surface area contributed by atoms with E-state index in [1.807, 2.05) is 66.3 Å². The summed E-state index contributed by atoms with van der Waals surface area (Å²) in [6, 6.07) is 13.9. The molecule has 6 nitrogen and oxygen atoms in total. The third-order valence-electron chi connectivity index (χ3n) is 5.23. The molecule has 0 unspecified atom stereocenters. The van der Waals surface area contributed by atoms with Gasteiger partial charge in [-0.3, -0.25) is 14.2 Å². The van der Waals surface area contributed by atoms with Crippen LogP contribution in [0.3, 0.4) is 0 Å². The molecule has 4 rings (SSSR count). The minimum Gasteiger partial charge on any atom is -0.337 e. The van der Waals surface area contributed by atoms with Crippen molar-refractivity contribution in [3.8, 4) is 11.3 Å². The number of likely N-dealkylation sites (tertiary alicyclic amines) is 1. The lowest BCUT2D eigenvalue weighted by Crippen LogP contribution is -2.39. The molecule has 1 amide bonds. The van der Waals surface area contributed by atoms with Gasteiger partial charge in [0.05, 0.1) is 5.69 Å². The van der Waals surface area contributed by atoms with Crippen molar-refractivity contribution >= 4 is 5.91 Å². The third kappa shape index (κ3) is 3.03. The van der Waals surface area contributed by atoms with E-state index in [9.17, 15) is 4.79 Å². The van der Waals surface area contributed by atoms with Crippen LogP contribution in [0.4, 0.5) is 0 Å². The number of aryl methyl sites for hydroxylation is 2. The van der Waals surface area contributed by atoms with Gasteiger partial charge < -0.3 is 4.90 Å². The Balaban J connectivity index is 1.47. The van der Waals surface area contributed by atoms with Gasteiger partial charge in [-0.1, -0.05) is 30.3 Å². The molecule has 0 saturated carbocycles. The maximum Gasteiger partial charge on any atom is 0.272 e. The first-order valence-corrected chi connectivity index (χ1v) is 9.00. The normalized spacial score (nSPS) is 15.4. The van der Waals surface area contributed by atoms with Crippen molar-refractivity contribution in [1.82, 2.24) is 24.5 Å². The Morgan fingerprint density at radius 1 is 1.04 bits per heavy atom. The van der Waals surface area contributed by atoms with Crippen molar-refractivity contribution in [3.05, 3.63) is 60.0 Å². The van der Waals surface area contributed by atoms with Crippen molar-refractivity contribution in [2.75, 3.05) is 13.1 Å². The molecular weight excluding hydrogens is 326 g/mol. The van der Waals surface area contributed by atoms with E-state index in [-0.39, 0.29) is 5.91 Å². The van der Waals surface area contributed by atoms with Gasteiger partial charge in [0.15, 0.2) is 0 Å². The molecule has 1 aliphatic rings. The van der Waals surface area contributed by atoms with Crippen LogP contribution in [0.15, 0.2) is 48.7 Å². The number of amides is 1. The number of aromatic nitrogens is 4. The average Bonchev–Trinajstić information content (AvgIpc) is 3.28. The number of hydrogen-bond acceptors (Lipinski definition) is 3. The highest BCUT2D eigenvalue weighted by Crippen LogP contribution is 2.28. The molecule has 2 aromatic heterocycles. The molecule has 6 heteroatoms. The number of rotatable bonds is 3. The molecule has 1 aromatic carbocycles. The number of piperidine rings is 1. The van der Waals surface area contributed by atoms with Gasteiger partial charge in [0.1, 0.15) is 5.69 Å². The van der Waals surface area contributed by atoms with Crippen LogP contribution >= 0.6 is 0 Å². The van der Waals surface area contributed by atoms with Gasteiger partial charge in [-0.2, -0.15) is 10.2 Å². The summed E-state index contributed by atoms with van der Waals surface area (Å²) in [5.41, 5.74) is 3.75. The molecule has 0 aliphatic carbocycles. The molecule has 1 saturated heterocycles. The number of hydrogen-bond donors (Lipinski definition) is 0. The number of nitrogens with zero attached hydrogens (tertiary/aromatic N) is 5. The van der Waals surface area contributed by atoms with E-state index in [1.54, 1.807) is 4.68 Å². The third-order valence-corrected chi connectivity index (χ3v) is 5.23. The zero-order valence-electron chi connectivity index (χ0n) is 15.2. The maximum absolute atomic E-state index is 13.0. The molecule has 26 heavy (non-hydrogen) atoms. The Labute approximate surface area is 153 Å². The molecule has 134 valence electrons. The molecule has 0 bridgehead atoms. The van der Waals surface area contributed by atoms with Crippen LogP contribution in [0, 0.1) is 0 Å². The van der Waals surface area contributed by atoms with E-state index in [1.165, 1.54) is 5.69 Å². The van der Waals surface area contributed by atoms with Crippen molar-refractivity contribution in [1.29, 1.82) is 0 Å². The number of benzene rings is 1. The largest absolute Gasteiger partial charge is 0.337 e. The van der Waals surface area contributed by atoms with Crippen LogP contribution in [0.25, 0.3) is 11.3 Å². The molecular formula is C20H23N5O. The minimum atomic E-state index is 0.0608. The van der Waals surface area contributed by atoms with E-state index in [0.29, 0.717) is 11.6 Å². The Morgan fingerprint density at radius 2 is 1.77 bits per heavy atom. The molecule has 0 N–H and O–H groups in total. The predicted octanol–water partition coefficient (Wildman–Crippen LogP) is 2.84. The summed E-state index contributed by atoms with van der Waals surface area (Å²) in [6.07, 6.45) is 3.77. The van der Waals surface area contributed by atoms with Crippen LogP contribution in [-0.4, -0.2) is 43.5 Å². The van der Waals surface area contributed by atoms with Gasteiger partial charge in [-0.05, 0) is 25.0 Å². The van der Waals surface area contributed by atoms with Gasteiger partial charge in [-0.15, -0.1) is 0 Å². The summed E-state index contributed by atoms with van der Waals surface area (Å²) < 4.78 is 3.63. The first-order chi connectivity index (χ1) is 12.6. The van der Waals surface area contributed by atoms with E-state index in [0.717, 1.165) is 37.2 Å². The van der Waals surface area contributed by atoms with Crippen LogP contribution in [0.1, 0.15) is 34.9 Å². The number of carbonyl (C=O) groups excluding carboxylic acids is 1. The fraction of sp³-hybridized carbons (Fsp3) is 0.350. The zero-order chi connectivity index (χ0) is 18.1. The summed E-state index contributed by atoms with van der Waals surface area (Å²) in [6.45, 7) is 1.53. The predicted molar refractivity (Wildman–Crippen MR) is 99.7 cm³/mol. The van der Waals surface area contributed by atoms with Crippen molar-refractivity contribution in [2.24, 2.45) is 14.1 Å². The van der Waals surface area contributed by atoms with Crippen molar-refractivity contribution < 1.29 is 4.79 Å². The standard InChI is InChI=1S/C20H23N5O/c1-23-18(8-11-21-23)16-9-12-25(13-10-16)20(26)19-14-17(22-24(19)2)15-6-4-3-5-7-15/h3-8,11,14,16H,9-10,12-13H2,1-2H3. The Hall–Kier alpha value is -2.89. The first-order valence-electron chi connectivity index (χ1n) is 9.00. The topological polar surface area (TPSA) is 56.0 Å². The van der Waals surface area contributed by atoms with Crippen molar-refractivity contribution in [3.63, 3.8) is 0 Å². The van der Waals surface area contributed by atoms with Gasteiger partial charge in [0, 0.05) is 50.6 Å². The lowest BCUT2D eigenvalue weighted by molar-refractivity contribution is 0.0700. The zero-order valence-corrected chi connectivity index (χ0v) is 15.2. The van der Waals surface area contributed by atoms with E-state index >= 15 is 0 Å². The molecule has 1 aliphatic heterocycles. The highest BCUT2D eigenvalue weighted by Gasteiger charge is 2.27. The van der Waals surface area contributed by atoms with Crippen LogP contribution < -0.4 is 0 Å². The molecule has 3 aromatic rings. The van der Waals surface area contributed by atoms with E-state index < -0.39 is 0 Å². The lowest BCUT2D eigenvalue weighted by Gasteiger charge is -2.32. The van der Waals surface area contributed by atoms with Gasteiger partial charge in [0.2, 0.25) is 0 Å². The highest BCUT2D eigenvalue weighted by molar-refractivity contribution is 5.93. The summed E-state index contributed by atoms with van der Waals surface area (Å²) in [5.74, 6) is 0.531. The molecule has 0 spiro atoms. The second-order valence-corrected chi connectivity index (χ2v) is 6.85. The second-order valence-electron chi connectivity index (χ2n) is 6.85. The SMILES string of the molecule is Cn1nc(-c2ccccc2)cc1C(=O)N1CCC(c2ccnn2C)CC1. The van der Waals surface area contributed by atoms with Gasteiger partial charge in [-0.25, -0.2) is 0 Å². The molecule has 0 atom stereocenters. The van der Waals surface area contributed by atoms with Crippen molar-refractivity contribution in [2.45, 2.75) is 18.8 Å². The highest BCUT2D eigenvalue weighted by atomic mass is 16.2. The molecule has 0 radical (unpaired) electrons. The van der Waals surface area contributed by atoms with Gasteiger partial charge >= 0.3 is 0 Å². The molecule has 1 fully saturated rings. The minimum absolute atomic E-state index is 0.0608. The van der Waals surface area contributed by atoms with E-state index in [2.05, 4.69) is 16.3 Å². The maximum atomic E-state index is 13.0. The second kappa shape index (κ2) is 6.78. The van der Waals surface area contributed by atoms with Crippen LogP contribution in [-0.2, 0) is 14.1 Å². The summed E-state index contributed by atoms with van der Waals surface area (Å²) in [7, 11) is 3.82. The Morgan fingerprint density at radius 3 is 2.42 bits per heavy atom. The molecule has 3 heterocycles. The lowest BCUT2D eigenvalue weighted by atomic mass is 9.93. The fourth-order valence-electron chi connectivity index (χ4n) is 3.74. The quantitative estimate of drug-likeness (QED) is 0.731. The Bertz CT molecular complexity index is 903. The number of carbonyl (C=O) groups is 1. The van der Waals surface area contributed by atoms with Crippen LogP contribution in [0.5, 0.6) is 0 Å². The van der Waals surface area contributed by atoms with Crippen LogP contribution in [0.2, 0.25) is 0 Å². The van der Waals surface area contributed by atoms with E-state index in [4.69, 9.17) is 0 Å². The fourth-order valence-corrected chi connectivity index (χ4v) is 3.74. The summed E-state index contributed by atoms with van der Waals surface area (Å²) in [4.78, 5) is 14.9. The van der Waals surface area contributed by atoms with Gasteiger partial charge in [0.25, 0.3) is 5.91 Å². The monoisotopic (exact) mass is 349 g/mol. The smallest absolute Gasteiger partial charge is 0.272 e. The average molecular weight is 349 g/mol. The first kappa shape index (κ1) is 16.6. The summed E-state index contributed by atoms with van der Waals surface area (Å²) >= 11 is 0.